The van der Waals surface area contributed by atoms with Gasteiger partial charge in [0.1, 0.15) is 6.07 Å². The van der Waals surface area contributed by atoms with Crippen molar-refractivity contribution >= 4 is 5.69 Å². The lowest BCUT2D eigenvalue weighted by Crippen LogP contribution is -2.21. The van der Waals surface area contributed by atoms with Crippen LogP contribution in [0, 0.1) is 11.3 Å². The number of nitriles is 1. The van der Waals surface area contributed by atoms with E-state index in [0.29, 0.717) is 11.6 Å². The zero-order valence-electron chi connectivity index (χ0n) is 12.5. The molecule has 1 aliphatic carbocycles. The molecule has 1 aliphatic rings. The average Bonchev–Trinajstić information content (AvgIpc) is 3.28. The second kappa shape index (κ2) is 5.57. The van der Waals surface area contributed by atoms with E-state index in [1.807, 2.05) is 4.68 Å². The molecule has 5 heteroatoms. The number of hydrogen-bond donors (Lipinski definition) is 0. The van der Waals surface area contributed by atoms with Crippen LogP contribution in [0.5, 0.6) is 0 Å². The molecule has 3 rings (SSSR count). The fraction of sp³-hybridized carbons (Fsp3) is 0.438. The fourth-order valence-corrected chi connectivity index (χ4v) is 2.68. The van der Waals surface area contributed by atoms with Crippen LogP contribution in [0.3, 0.4) is 0 Å². The minimum absolute atomic E-state index is 0.442. The molecule has 0 amide bonds. The largest absolute Gasteiger partial charge is 0.372 e. The number of nitrogens with zero attached hydrogens (tertiary/aromatic N) is 5. The van der Waals surface area contributed by atoms with Crippen molar-refractivity contribution in [2.45, 2.75) is 32.6 Å². The van der Waals surface area contributed by atoms with Crippen LogP contribution in [-0.2, 0) is 0 Å². The predicted molar refractivity (Wildman–Crippen MR) is 81.6 cm³/mol. The summed E-state index contributed by atoms with van der Waals surface area (Å²) in [5.41, 5.74) is 3.61. The Kier molecular flexibility index (Phi) is 3.61. The van der Waals surface area contributed by atoms with Gasteiger partial charge in [-0.05, 0) is 51.0 Å². The van der Waals surface area contributed by atoms with Gasteiger partial charge < -0.3 is 4.90 Å². The number of aromatic nitrogens is 3. The van der Waals surface area contributed by atoms with Gasteiger partial charge in [0.15, 0.2) is 5.69 Å². The Morgan fingerprint density at radius 3 is 2.43 bits per heavy atom. The Balaban J connectivity index is 1.95. The molecule has 0 bridgehead atoms. The molecule has 108 valence electrons. The molecule has 1 saturated carbocycles. The number of rotatable bonds is 5. The standard InChI is InChI=1S/C16H19N5/c1-3-20(4-2)13-7-9-14(10-8-13)21-16(12-5-6-12)15(11-17)18-19-21/h7-10,12H,3-6H2,1-2H3. The van der Waals surface area contributed by atoms with E-state index in [-0.39, 0.29) is 0 Å². The van der Waals surface area contributed by atoms with Crippen molar-refractivity contribution < 1.29 is 0 Å². The van der Waals surface area contributed by atoms with Crippen LogP contribution in [0.1, 0.15) is 44.0 Å². The third kappa shape index (κ3) is 2.49. The van der Waals surface area contributed by atoms with Gasteiger partial charge in [-0.1, -0.05) is 5.21 Å². The summed E-state index contributed by atoms with van der Waals surface area (Å²) < 4.78 is 1.82. The van der Waals surface area contributed by atoms with E-state index in [9.17, 15) is 0 Å². The summed E-state index contributed by atoms with van der Waals surface area (Å²) >= 11 is 0. The number of benzene rings is 1. The molecule has 0 unspecified atom stereocenters. The molecule has 0 radical (unpaired) electrons. The molecule has 1 aromatic heterocycles. The third-order valence-corrected chi connectivity index (χ3v) is 4.00. The Morgan fingerprint density at radius 2 is 1.90 bits per heavy atom. The minimum Gasteiger partial charge on any atom is -0.372 e. The molecule has 21 heavy (non-hydrogen) atoms. The van der Waals surface area contributed by atoms with Gasteiger partial charge in [-0.3, -0.25) is 0 Å². The van der Waals surface area contributed by atoms with Crippen LogP contribution in [0.2, 0.25) is 0 Å². The lowest BCUT2D eigenvalue weighted by atomic mass is 10.2. The molecule has 0 N–H and O–H groups in total. The van der Waals surface area contributed by atoms with E-state index in [1.54, 1.807) is 0 Å². The second-order valence-electron chi connectivity index (χ2n) is 5.31. The van der Waals surface area contributed by atoms with Crippen molar-refractivity contribution in [2.75, 3.05) is 18.0 Å². The Bertz CT molecular complexity index is 657. The summed E-state index contributed by atoms with van der Waals surface area (Å²) in [5, 5.41) is 17.3. The van der Waals surface area contributed by atoms with Crippen molar-refractivity contribution in [2.24, 2.45) is 0 Å². The summed E-state index contributed by atoms with van der Waals surface area (Å²) in [5.74, 6) is 0.442. The van der Waals surface area contributed by atoms with Crippen LogP contribution >= 0.6 is 0 Å². The first-order valence-electron chi connectivity index (χ1n) is 7.49. The first-order chi connectivity index (χ1) is 10.3. The smallest absolute Gasteiger partial charge is 0.186 e. The summed E-state index contributed by atoms with van der Waals surface area (Å²) in [6, 6.07) is 10.5. The fourth-order valence-electron chi connectivity index (χ4n) is 2.68. The van der Waals surface area contributed by atoms with Crippen molar-refractivity contribution in [1.82, 2.24) is 15.0 Å². The van der Waals surface area contributed by atoms with Crippen LogP contribution < -0.4 is 4.90 Å². The highest BCUT2D eigenvalue weighted by molar-refractivity contribution is 5.51. The normalized spacial score (nSPS) is 14.0. The molecule has 5 nitrogen and oxygen atoms in total. The van der Waals surface area contributed by atoms with Gasteiger partial charge in [-0.15, -0.1) is 5.10 Å². The van der Waals surface area contributed by atoms with Crippen molar-refractivity contribution in [3.05, 3.63) is 35.7 Å². The molecule has 0 atom stereocenters. The van der Waals surface area contributed by atoms with E-state index >= 15 is 0 Å². The van der Waals surface area contributed by atoms with Crippen molar-refractivity contribution in [1.29, 1.82) is 5.26 Å². The van der Waals surface area contributed by atoms with Crippen LogP contribution in [-0.4, -0.2) is 28.1 Å². The second-order valence-corrected chi connectivity index (χ2v) is 5.31. The topological polar surface area (TPSA) is 57.7 Å². The van der Waals surface area contributed by atoms with Gasteiger partial charge in [0.05, 0.1) is 11.4 Å². The summed E-state index contributed by atoms with van der Waals surface area (Å²) in [4.78, 5) is 2.30. The Hall–Kier alpha value is -2.35. The van der Waals surface area contributed by atoms with Gasteiger partial charge in [-0.25, -0.2) is 4.68 Å². The number of hydrogen-bond acceptors (Lipinski definition) is 4. The summed E-state index contributed by atoms with van der Waals surface area (Å²) in [6.07, 6.45) is 2.25. The quantitative estimate of drug-likeness (QED) is 0.845. The minimum atomic E-state index is 0.442. The molecule has 0 saturated heterocycles. The van der Waals surface area contributed by atoms with Crippen LogP contribution in [0.25, 0.3) is 5.69 Å². The van der Waals surface area contributed by atoms with Crippen molar-refractivity contribution in [3.8, 4) is 11.8 Å². The lowest BCUT2D eigenvalue weighted by molar-refractivity contribution is 0.763. The van der Waals surface area contributed by atoms with Crippen molar-refractivity contribution in [3.63, 3.8) is 0 Å². The van der Waals surface area contributed by atoms with Gasteiger partial charge >= 0.3 is 0 Å². The highest BCUT2D eigenvalue weighted by atomic mass is 15.4. The van der Waals surface area contributed by atoms with E-state index < -0.39 is 0 Å². The zero-order chi connectivity index (χ0) is 14.8. The maximum atomic E-state index is 9.16. The zero-order valence-corrected chi connectivity index (χ0v) is 12.5. The SMILES string of the molecule is CCN(CC)c1ccc(-n2nnc(C#N)c2C2CC2)cc1. The van der Waals surface area contributed by atoms with Gasteiger partial charge in [-0.2, -0.15) is 5.26 Å². The highest BCUT2D eigenvalue weighted by Crippen LogP contribution is 2.41. The molecule has 2 aromatic rings. The first-order valence-corrected chi connectivity index (χ1v) is 7.49. The van der Waals surface area contributed by atoms with Gasteiger partial charge in [0.25, 0.3) is 0 Å². The van der Waals surface area contributed by atoms with Crippen LogP contribution in [0.15, 0.2) is 24.3 Å². The van der Waals surface area contributed by atoms with Gasteiger partial charge in [0, 0.05) is 24.7 Å². The molecule has 1 heterocycles. The monoisotopic (exact) mass is 281 g/mol. The van der Waals surface area contributed by atoms with E-state index in [0.717, 1.165) is 37.3 Å². The third-order valence-electron chi connectivity index (χ3n) is 4.00. The number of anilines is 1. The molecule has 1 aromatic carbocycles. The van der Waals surface area contributed by atoms with Crippen LogP contribution in [0.4, 0.5) is 5.69 Å². The van der Waals surface area contributed by atoms with E-state index in [1.165, 1.54) is 5.69 Å². The summed E-state index contributed by atoms with van der Waals surface area (Å²) in [6.45, 7) is 6.29. The average molecular weight is 281 g/mol. The van der Waals surface area contributed by atoms with E-state index in [2.05, 4.69) is 59.4 Å². The molecule has 0 aliphatic heterocycles. The highest BCUT2D eigenvalue weighted by Gasteiger charge is 2.31. The van der Waals surface area contributed by atoms with E-state index in [4.69, 9.17) is 5.26 Å². The first kappa shape index (κ1) is 13.6. The predicted octanol–water partition coefficient (Wildman–Crippen LogP) is 2.86. The molecule has 1 fully saturated rings. The lowest BCUT2D eigenvalue weighted by Gasteiger charge is -2.21. The Labute approximate surface area is 124 Å². The molecular weight excluding hydrogens is 262 g/mol. The molecular formula is C16H19N5. The maximum Gasteiger partial charge on any atom is 0.186 e. The van der Waals surface area contributed by atoms with Gasteiger partial charge in [0.2, 0.25) is 0 Å². The maximum absolute atomic E-state index is 9.16. The molecule has 0 spiro atoms. The summed E-state index contributed by atoms with van der Waals surface area (Å²) in [7, 11) is 0. The Morgan fingerprint density at radius 1 is 1.24 bits per heavy atom.